The van der Waals surface area contributed by atoms with Gasteiger partial charge in [-0.3, -0.25) is 14.4 Å². The molecule has 1 aliphatic rings. The number of carbonyl (C=O) groups excluding carboxylic acids is 3. The van der Waals surface area contributed by atoms with E-state index in [0.29, 0.717) is 0 Å². The highest BCUT2D eigenvalue weighted by molar-refractivity contribution is 5.93. The number of carbonyl (C=O) groups is 3. The molecule has 0 unspecified atom stereocenters. The fourth-order valence-electron chi connectivity index (χ4n) is 4.79. The lowest BCUT2D eigenvalue weighted by Crippen LogP contribution is -2.53. The Hall–Kier alpha value is -4.12. The van der Waals surface area contributed by atoms with Gasteiger partial charge < -0.3 is 21.1 Å². The summed E-state index contributed by atoms with van der Waals surface area (Å²) in [5.74, 6) is -2.27. The summed E-state index contributed by atoms with van der Waals surface area (Å²) < 4.78 is 0. The molecule has 38 heavy (non-hydrogen) atoms. The molecule has 1 aliphatic heterocycles. The number of aromatic nitrogens is 4. The molecule has 2 heterocycles. The van der Waals surface area contributed by atoms with Crippen molar-refractivity contribution in [3.63, 3.8) is 0 Å². The van der Waals surface area contributed by atoms with Crippen LogP contribution in [-0.4, -0.2) is 72.7 Å². The molecule has 11 nitrogen and oxygen atoms in total. The van der Waals surface area contributed by atoms with E-state index in [-0.39, 0.29) is 37.0 Å². The average Bonchev–Trinajstić information content (AvgIpc) is 3.49. The molecule has 0 bridgehead atoms. The number of aryl methyl sites for hydroxylation is 1. The number of nitrogens with one attached hydrogen (secondary N) is 1. The lowest BCUT2D eigenvalue weighted by atomic mass is 9.93. The molecule has 1 saturated heterocycles. The Morgan fingerprint density at radius 1 is 1.08 bits per heavy atom. The Labute approximate surface area is 221 Å². The van der Waals surface area contributed by atoms with Crippen molar-refractivity contribution < 1.29 is 19.5 Å². The molecule has 1 aromatic heterocycles. The Morgan fingerprint density at radius 3 is 2.32 bits per heavy atom. The number of aliphatic hydroxyl groups is 1. The highest BCUT2D eigenvalue weighted by atomic mass is 16.3. The summed E-state index contributed by atoms with van der Waals surface area (Å²) in [5.41, 5.74) is 8.55. The van der Waals surface area contributed by atoms with E-state index in [1.54, 1.807) is 7.05 Å². The number of nitrogens with zero attached hydrogens (tertiary/aromatic N) is 5. The van der Waals surface area contributed by atoms with Gasteiger partial charge in [0.2, 0.25) is 17.7 Å². The van der Waals surface area contributed by atoms with Crippen LogP contribution >= 0.6 is 0 Å². The number of benzene rings is 2. The minimum Gasteiger partial charge on any atom is -0.391 e. The number of tetrazole rings is 1. The third kappa shape index (κ3) is 6.05. The standard InChI is InChI=1S/C27H33N7O4/c1-16(2)23(25-30-32-33(3)31-25)27(38)34-15-20(35)14-22(34)26(37)29-21(24(28)36)13-17-9-11-19(12-10-17)18-7-5-4-6-8-18/h4-12,16,20-23,35H,13-15H2,1-3H3,(H2,28,36)(H,29,37)/t20-,21-,22+,23-/m1/s1. The van der Waals surface area contributed by atoms with Crippen LogP contribution < -0.4 is 11.1 Å². The Kier molecular flexibility index (Phi) is 8.16. The maximum absolute atomic E-state index is 13.5. The fraction of sp³-hybridized carbons (Fsp3) is 0.407. The van der Waals surface area contributed by atoms with Gasteiger partial charge in [0.1, 0.15) is 18.0 Å². The van der Waals surface area contributed by atoms with Gasteiger partial charge in [-0.1, -0.05) is 68.4 Å². The topological polar surface area (TPSA) is 156 Å². The smallest absolute Gasteiger partial charge is 0.243 e. The molecular formula is C27H33N7O4. The van der Waals surface area contributed by atoms with Crippen LogP contribution in [0.3, 0.4) is 0 Å². The van der Waals surface area contributed by atoms with Gasteiger partial charge in [-0.25, -0.2) is 0 Å². The Balaban J connectivity index is 1.47. The molecule has 11 heteroatoms. The van der Waals surface area contributed by atoms with Gasteiger partial charge in [0.25, 0.3) is 0 Å². The predicted octanol–water partition coefficient (Wildman–Crippen LogP) is 0.791. The zero-order valence-electron chi connectivity index (χ0n) is 21.7. The van der Waals surface area contributed by atoms with Crippen molar-refractivity contribution in [1.29, 1.82) is 0 Å². The Morgan fingerprint density at radius 2 is 1.74 bits per heavy atom. The van der Waals surface area contributed by atoms with Gasteiger partial charge in [0, 0.05) is 19.4 Å². The summed E-state index contributed by atoms with van der Waals surface area (Å²) in [6.07, 6.45) is -0.639. The van der Waals surface area contributed by atoms with E-state index in [2.05, 4.69) is 20.7 Å². The van der Waals surface area contributed by atoms with Gasteiger partial charge in [0.05, 0.1) is 13.2 Å². The molecule has 0 saturated carbocycles. The number of likely N-dealkylation sites (tertiary alicyclic amines) is 1. The van der Waals surface area contributed by atoms with Crippen molar-refractivity contribution in [1.82, 2.24) is 30.4 Å². The molecular weight excluding hydrogens is 486 g/mol. The lowest BCUT2D eigenvalue weighted by Gasteiger charge is -2.29. The summed E-state index contributed by atoms with van der Waals surface area (Å²) in [7, 11) is 1.60. The van der Waals surface area contributed by atoms with E-state index in [9.17, 15) is 19.5 Å². The minimum absolute atomic E-state index is 0.0113. The van der Waals surface area contributed by atoms with Crippen LogP contribution in [0, 0.1) is 5.92 Å². The van der Waals surface area contributed by atoms with E-state index < -0.39 is 35.9 Å². The molecule has 2 aromatic carbocycles. The first-order valence-electron chi connectivity index (χ1n) is 12.6. The summed E-state index contributed by atoms with van der Waals surface area (Å²) in [6.45, 7) is 3.70. The SMILES string of the molecule is CC(C)[C@@H](C(=O)N1C[C@H](O)C[C@H]1C(=O)N[C@H](Cc1ccc(-c2ccccc2)cc1)C(N)=O)c1nnn(C)n1. The van der Waals surface area contributed by atoms with E-state index in [1.807, 2.05) is 68.4 Å². The molecule has 3 aromatic rings. The largest absolute Gasteiger partial charge is 0.391 e. The first kappa shape index (κ1) is 26.9. The Bertz CT molecular complexity index is 1280. The van der Waals surface area contributed by atoms with E-state index >= 15 is 0 Å². The van der Waals surface area contributed by atoms with Crippen molar-refractivity contribution in [3.8, 4) is 11.1 Å². The normalized spacial score (nSPS) is 18.8. The third-order valence-corrected chi connectivity index (χ3v) is 6.76. The van der Waals surface area contributed by atoms with Gasteiger partial charge in [-0.2, -0.15) is 4.80 Å². The number of aliphatic hydroxyl groups excluding tert-OH is 1. The van der Waals surface area contributed by atoms with E-state index in [4.69, 9.17) is 5.73 Å². The maximum atomic E-state index is 13.5. The fourth-order valence-corrected chi connectivity index (χ4v) is 4.79. The van der Waals surface area contributed by atoms with Gasteiger partial charge in [-0.15, -0.1) is 10.2 Å². The van der Waals surface area contributed by atoms with Crippen molar-refractivity contribution in [3.05, 3.63) is 66.0 Å². The highest BCUT2D eigenvalue weighted by Gasteiger charge is 2.44. The van der Waals surface area contributed by atoms with Crippen LogP contribution in [0.15, 0.2) is 54.6 Å². The number of amides is 3. The average molecular weight is 520 g/mol. The van der Waals surface area contributed by atoms with Crippen LogP contribution in [0.2, 0.25) is 0 Å². The zero-order valence-corrected chi connectivity index (χ0v) is 21.7. The second-order valence-electron chi connectivity index (χ2n) is 9.99. The van der Waals surface area contributed by atoms with E-state index in [0.717, 1.165) is 16.7 Å². The summed E-state index contributed by atoms with van der Waals surface area (Å²) in [6, 6.07) is 15.6. The van der Waals surface area contributed by atoms with Crippen molar-refractivity contribution >= 4 is 17.7 Å². The molecule has 4 rings (SSSR count). The van der Waals surface area contributed by atoms with E-state index in [1.165, 1.54) is 9.70 Å². The zero-order chi connectivity index (χ0) is 27.4. The molecule has 4 atom stereocenters. The molecule has 3 amide bonds. The monoisotopic (exact) mass is 519 g/mol. The number of rotatable bonds is 9. The van der Waals surface area contributed by atoms with Crippen molar-refractivity contribution in [2.75, 3.05) is 6.54 Å². The second-order valence-corrected chi connectivity index (χ2v) is 9.99. The predicted molar refractivity (Wildman–Crippen MR) is 139 cm³/mol. The number of primary amides is 1. The van der Waals surface area contributed by atoms with Gasteiger partial charge in [-0.05, 0) is 27.8 Å². The van der Waals surface area contributed by atoms with Crippen LogP contribution in [0.4, 0.5) is 0 Å². The third-order valence-electron chi connectivity index (χ3n) is 6.76. The van der Waals surface area contributed by atoms with Crippen LogP contribution in [-0.2, 0) is 27.9 Å². The molecule has 0 radical (unpaired) electrons. The van der Waals surface area contributed by atoms with Gasteiger partial charge in [0.15, 0.2) is 5.82 Å². The molecule has 0 aliphatic carbocycles. The number of β-amino-alcohol motifs (C(OH)–C–C–N with tert-alkyl or cyclic N) is 1. The molecule has 4 N–H and O–H groups in total. The summed E-state index contributed by atoms with van der Waals surface area (Å²) >= 11 is 0. The molecule has 0 spiro atoms. The second kappa shape index (κ2) is 11.5. The number of hydrogen-bond donors (Lipinski definition) is 3. The minimum atomic E-state index is -0.984. The van der Waals surface area contributed by atoms with Crippen molar-refractivity contribution in [2.45, 2.75) is 50.8 Å². The van der Waals surface area contributed by atoms with Crippen molar-refractivity contribution in [2.24, 2.45) is 18.7 Å². The maximum Gasteiger partial charge on any atom is 0.243 e. The quantitative estimate of drug-likeness (QED) is 0.377. The van der Waals surface area contributed by atoms with Crippen LogP contribution in [0.25, 0.3) is 11.1 Å². The first-order valence-corrected chi connectivity index (χ1v) is 12.6. The first-order chi connectivity index (χ1) is 18.1. The molecule has 1 fully saturated rings. The lowest BCUT2D eigenvalue weighted by molar-refractivity contribution is -0.141. The number of hydrogen-bond acceptors (Lipinski definition) is 7. The summed E-state index contributed by atoms with van der Waals surface area (Å²) in [4.78, 5) is 41.7. The summed E-state index contributed by atoms with van der Waals surface area (Å²) in [5, 5.41) is 25.0. The molecule has 200 valence electrons. The highest BCUT2D eigenvalue weighted by Crippen LogP contribution is 2.29. The van der Waals surface area contributed by atoms with Crippen LogP contribution in [0.5, 0.6) is 0 Å². The van der Waals surface area contributed by atoms with Crippen LogP contribution in [0.1, 0.15) is 37.6 Å². The number of nitrogens with two attached hydrogens (primary N) is 1. The van der Waals surface area contributed by atoms with Gasteiger partial charge >= 0.3 is 0 Å².